The van der Waals surface area contributed by atoms with Gasteiger partial charge >= 0.3 is 0 Å². The van der Waals surface area contributed by atoms with Gasteiger partial charge in [-0.25, -0.2) is 5.43 Å². The Balaban J connectivity index is 1.74. The highest BCUT2D eigenvalue weighted by molar-refractivity contribution is 6.00. The molecule has 5 nitrogen and oxygen atoms in total. The number of H-pyrrole nitrogens is 1. The lowest BCUT2D eigenvalue weighted by Gasteiger charge is -1.97. The average molecular weight is 264 g/mol. The summed E-state index contributed by atoms with van der Waals surface area (Å²) < 4.78 is 0. The van der Waals surface area contributed by atoms with Crippen LogP contribution in [-0.2, 0) is 0 Å². The number of nitrogens with zero attached hydrogens (tertiary/aromatic N) is 2. The first-order chi connectivity index (χ1) is 9.84. The Morgan fingerprint density at radius 1 is 1.25 bits per heavy atom. The van der Waals surface area contributed by atoms with Crippen molar-refractivity contribution >= 4 is 23.0 Å². The zero-order chi connectivity index (χ0) is 13.8. The third-order valence-corrected chi connectivity index (χ3v) is 2.91. The maximum atomic E-state index is 11.8. The number of para-hydroxylation sites is 1. The van der Waals surface area contributed by atoms with Crippen LogP contribution < -0.4 is 5.43 Å². The molecule has 2 N–H and O–H groups in total. The SMILES string of the molecule is O=C(N/N=C\c1c[nH]c2ccccc12)c1cccnc1. The quantitative estimate of drug-likeness (QED) is 0.563. The lowest BCUT2D eigenvalue weighted by Crippen LogP contribution is -2.17. The van der Waals surface area contributed by atoms with E-state index in [1.807, 2.05) is 30.5 Å². The van der Waals surface area contributed by atoms with E-state index in [0.717, 1.165) is 16.5 Å². The molecule has 0 saturated heterocycles. The molecule has 0 spiro atoms. The smallest absolute Gasteiger partial charge is 0.272 e. The van der Waals surface area contributed by atoms with Crippen LogP contribution in [0.1, 0.15) is 15.9 Å². The predicted molar refractivity (Wildman–Crippen MR) is 77.6 cm³/mol. The largest absolute Gasteiger partial charge is 0.361 e. The van der Waals surface area contributed by atoms with Gasteiger partial charge in [-0.2, -0.15) is 5.10 Å². The Hall–Kier alpha value is -2.95. The van der Waals surface area contributed by atoms with Crippen LogP contribution in [0.2, 0.25) is 0 Å². The normalized spacial score (nSPS) is 11.0. The van der Waals surface area contributed by atoms with Crippen molar-refractivity contribution in [1.29, 1.82) is 0 Å². The third kappa shape index (κ3) is 2.42. The monoisotopic (exact) mass is 264 g/mol. The fourth-order valence-electron chi connectivity index (χ4n) is 1.92. The highest BCUT2D eigenvalue weighted by Crippen LogP contribution is 2.15. The van der Waals surface area contributed by atoms with E-state index < -0.39 is 0 Å². The molecule has 5 heteroatoms. The predicted octanol–water partition coefficient (Wildman–Crippen LogP) is 2.33. The summed E-state index contributed by atoms with van der Waals surface area (Å²) >= 11 is 0. The van der Waals surface area contributed by atoms with E-state index in [0.29, 0.717) is 5.56 Å². The van der Waals surface area contributed by atoms with E-state index in [2.05, 4.69) is 20.5 Å². The molecule has 2 heterocycles. The van der Waals surface area contributed by atoms with Gasteiger partial charge in [0, 0.05) is 35.1 Å². The minimum Gasteiger partial charge on any atom is -0.361 e. The van der Waals surface area contributed by atoms with Crippen LogP contribution in [0.4, 0.5) is 0 Å². The Kier molecular flexibility index (Phi) is 3.24. The number of aromatic amines is 1. The van der Waals surface area contributed by atoms with Gasteiger partial charge in [-0.15, -0.1) is 0 Å². The highest BCUT2D eigenvalue weighted by Gasteiger charge is 2.03. The van der Waals surface area contributed by atoms with Crippen LogP contribution >= 0.6 is 0 Å². The maximum absolute atomic E-state index is 11.8. The number of rotatable bonds is 3. The van der Waals surface area contributed by atoms with Crippen molar-refractivity contribution in [2.75, 3.05) is 0 Å². The number of benzene rings is 1. The van der Waals surface area contributed by atoms with Crippen molar-refractivity contribution in [2.45, 2.75) is 0 Å². The average Bonchev–Trinajstić information content (AvgIpc) is 2.92. The molecule has 0 aliphatic rings. The molecule has 2 aromatic heterocycles. The summed E-state index contributed by atoms with van der Waals surface area (Å²) in [6.07, 6.45) is 6.58. The Morgan fingerprint density at radius 2 is 2.15 bits per heavy atom. The molecule has 0 fully saturated rings. The topological polar surface area (TPSA) is 70.1 Å². The van der Waals surface area contributed by atoms with E-state index in [1.165, 1.54) is 6.20 Å². The summed E-state index contributed by atoms with van der Waals surface area (Å²) in [5, 5.41) is 5.03. The van der Waals surface area contributed by atoms with Gasteiger partial charge in [0.15, 0.2) is 0 Å². The number of hydrogen-bond acceptors (Lipinski definition) is 3. The second-order valence-electron chi connectivity index (χ2n) is 4.23. The molecule has 98 valence electrons. The first-order valence-corrected chi connectivity index (χ1v) is 6.14. The van der Waals surface area contributed by atoms with Gasteiger partial charge in [0.05, 0.1) is 11.8 Å². The molecule has 0 atom stereocenters. The first-order valence-electron chi connectivity index (χ1n) is 6.14. The molecule has 3 rings (SSSR count). The van der Waals surface area contributed by atoms with Crippen molar-refractivity contribution in [2.24, 2.45) is 5.10 Å². The lowest BCUT2D eigenvalue weighted by atomic mass is 10.2. The van der Waals surface area contributed by atoms with E-state index in [1.54, 1.807) is 24.5 Å². The van der Waals surface area contributed by atoms with E-state index in [4.69, 9.17) is 0 Å². The number of carbonyl (C=O) groups is 1. The van der Waals surface area contributed by atoms with Crippen LogP contribution in [0.15, 0.2) is 60.1 Å². The van der Waals surface area contributed by atoms with Crippen molar-refractivity contribution in [3.8, 4) is 0 Å². The molecule has 1 aromatic carbocycles. The van der Waals surface area contributed by atoms with Crippen LogP contribution in [0, 0.1) is 0 Å². The first kappa shape index (κ1) is 12.1. The summed E-state index contributed by atoms with van der Waals surface area (Å²) in [4.78, 5) is 18.8. The minimum absolute atomic E-state index is 0.283. The van der Waals surface area contributed by atoms with Crippen molar-refractivity contribution in [1.82, 2.24) is 15.4 Å². The molecule has 3 aromatic rings. The summed E-state index contributed by atoms with van der Waals surface area (Å²) in [7, 11) is 0. The van der Waals surface area contributed by atoms with Gasteiger partial charge in [0.1, 0.15) is 0 Å². The summed E-state index contributed by atoms with van der Waals surface area (Å²) in [6.45, 7) is 0. The summed E-state index contributed by atoms with van der Waals surface area (Å²) in [6, 6.07) is 11.3. The van der Waals surface area contributed by atoms with E-state index in [-0.39, 0.29) is 5.91 Å². The van der Waals surface area contributed by atoms with Crippen LogP contribution in [0.3, 0.4) is 0 Å². The Morgan fingerprint density at radius 3 is 3.00 bits per heavy atom. The summed E-state index contributed by atoms with van der Waals surface area (Å²) in [5.41, 5.74) is 4.91. The van der Waals surface area contributed by atoms with Gasteiger partial charge in [0.2, 0.25) is 0 Å². The number of nitrogens with one attached hydrogen (secondary N) is 2. The Labute approximate surface area is 115 Å². The third-order valence-electron chi connectivity index (χ3n) is 2.91. The molecule has 0 unspecified atom stereocenters. The number of pyridine rings is 1. The molecular weight excluding hydrogens is 252 g/mol. The molecule has 0 saturated carbocycles. The van der Waals surface area contributed by atoms with Gasteiger partial charge in [-0.3, -0.25) is 9.78 Å². The van der Waals surface area contributed by atoms with Crippen molar-refractivity contribution in [3.05, 3.63) is 66.1 Å². The molecule has 20 heavy (non-hydrogen) atoms. The van der Waals surface area contributed by atoms with Gasteiger partial charge in [-0.1, -0.05) is 18.2 Å². The van der Waals surface area contributed by atoms with Crippen LogP contribution in [0.5, 0.6) is 0 Å². The Bertz CT molecular complexity index is 762. The fourth-order valence-corrected chi connectivity index (χ4v) is 1.92. The number of hydrogen-bond donors (Lipinski definition) is 2. The highest BCUT2D eigenvalue weighted by atomic mass is 16.2. The molecule has 0 aliphatic heterocycles. The number of fused-ring (bicyclic) bond motifs is 1. The molecular formula is C15H12N4O. The van der Waals surface area contributed by atoms with E-state index >= 15 is 0 Å². The number of aromatic nitrogens is 2. The van der Waals surface area contributed by atoms with Gasteiger partial charge in [0.25, 0.3) is 5.91 Å². The zero-order valence-corrected chi connectivity index (χ0v) is 10.6. The zero-order valence-electron chi connectivity index (χ0n) is 10.6. The minimum atomic E-state index is -0.283. The van der Waals surface area contributed by atoms with Gasteiger partial charge < -0.3 is 4.98 Å². The molecule has 0 bridgehead atoms. The maximum Gasteiger partial charge on any atom is 0.272 e. The molecule has 1 amide bonds. The number of hydrazone groups is 1. The van der Waals surface area contributed by atoms with Crippen LogP contribution in [0.25, 0.3) is 10.9 Å². The van der Waals surface area contributed by atoms with Gasteiger partial charge in [-0.05, 0) is 18.2 Å². The number of carbonyl (C=O) groups excluding carboxylic acids is 1. The van der Waals surface area contributed by atoms with Crippen LogP contribution in [-0.4, -0.2) is 22.1 Å². The fraction of sp³-hybridized carbons (Fsp3) is 0. The van der Waals surface area contributed by atoms with E-state index in [9.17, 15) is 4.79 Å². The summed E-state index contributed by atoms with van der Waals surface area (Å²) in [5.74, 6) is -0.283. The lowest BCUT2D eigenvalue weighted by molar-refractivity contribution is 0.0955. The molecule has 0 aliphatic carbocycles. The van der Waals surface area contributed by atoms with Crippen molar-refractivity contribution < 1.29 is 4.79 Å². The molecule has 0 radical (unpaired) electrons. The second-order valence-corrected chi connectivity index (χ2v) is 4.23. The van der Waals surface area contributed by atoms with Crippen molar-refractivity contribution in [3.63, 3.8) is 0 Å². The second kappa shape index (κ2) is 5.36. The standard InChI is InChI=1S/C15H12N4O/c20-15(11-4-3-7-16-8-11)19-18-10-12-9-17-14-6-2-1-5-13(12)14/h1-10,17H,(H,19,20)/b18-10-. The number of amides is 1.